The zero-order valence-electron chi connectivity index (χ0n) is 27.4. The number of aliphatic hydroxyl groups excluding tert-OH is 1. The van der Waals surface area contributed by atoms with Crippen LogP contribution in [0.15, 0.2) is 9.79 Å². The molecule has 0 unspecified atom stereocenters. The minimum atomic E-state index is -1.64. The highest BCUT2D eigenvalue weighted by molar-refractivity contribution is 5.77. The van der Waals surface area contributed by atoms with Crippen LogP contribution < -0.4 is 15.6 Å². The molecule has 266 valence electrons. The van der Waals surface area contributed by atoms with Crippen molar-refractivity contribution in [1.29, 1.82) is 0 Å². The van der Waals surface area contributed by atoms with Crippen LogP contribution in [0.4, 0.5) is 11.5 Å². The first-order valence-corrected chi connectivity index (χ1v) is 14.2. The maximum atomic E-state index is 13.5. The largest absolute Gasteiger partial charge is 0.468 e. The van der Waals surface area contributed by atoms with Crippen molar-refractivity contribution in [1.82, 2.24) is 9.55 Å². The summed E-state index contributed by atoms with van der Waals surface area (Å²) in [5.74, 6) is -5.40. The lowest BCUT2D eigenvalue weighted by Gasteiger charge is -2.40. The molecule has 7 atom stereocenters. The first kappa shape index (κ1) is 39.1. The number of methoxy groups -OCH3 is 1. The van der Waals surface area contributed by atoms with Gasteiger partial charge in [0.2, 0.25) is 0 Å². The molecule has 1 aromatic heterocycles. The summed E-state index contributed by atoms with van der Waals surface area (Å²) in [6.07, 6.45) is -9.39. The summed E-state index contributed by atoms with van der Waals surface area (Å²) in [7, 11) is 2.52. The number of hydrogen-bond acceptors (Lipinski definition) is 19. The van der Waals surface area contributed by atoms with Gasteiger partial charge in [0.25, 0.3) is 5.56 Å². The van der Waals surface area contributed by atoms with Gasteiger partial charge in [-0.05, 0) is 0 Å². The molecule has 1 fully saturated rings. The quantitative estimate of drug-likeness (QED) is 0.133. The molecule has 0 spiro atoms. The molecule has 48 heavy (non-hydrogen) atoms. The molecule has 20 nitrogen and oxygen atoms in total. The Kier molecular flexibility index (Phi) is 14.4. The fourth-order valence-electron chi connectivity index (χ4n) is 4.46. The van der Waals surface area contributed by atoms with E-state index in [9.17, 15) is 38.7 Å². The van der Waals surface area contributed by atoms with Gasteiger partial charge >= 0.3 is 41.8 Å². The van der Waals surface area contributed by atoms with Crippen LogP contribution in [0.2, 0.25) is 0 Å². The Balaban J connectivity index is 2.70. The third-order valence-corrected chi connectivity index (χ3v) is 6.18. The van der Waals surface area contributed by atoms with E-state index in [0.29, 0.717) is 0 Å². The summed E-state index contributed by atoms with van der Waals surface area (Å²) >= 11 is 0. The molecule has 1 aromatic rings. The Hall–Kier alpha value is -5.11. The van der Waals surface area contributed by atoms with Gasteiger partial charge in [0.05, 0.1) is 20.3 Å². The monoisotopic (exact) mass is 686 g/mol. The molecule has 0 saturated carbocycles. The van der Waals surface area contributed by atoms with Crippen LogP contribution in [0.25, 0.3) is 0 Å². The number of ether oxygens (including phenoxy) is 8. The summed E-state index contributed by atoms with van der Waals surface area (Å²) in [6, 6.07) is -0.236. The standard InChI is InChI=1S/C28H38N4O16/c1-12(34)43-18(22(46-15(4)37)19(10-33)44-13(2)35)9-29-21-25(31-28(41-8)32(7)27(21)40)30-26-24(48-17(6)39)23(47-16(5)38)20(11-42-26)45-14(3)36/h9,18-20,22-24,26,30,33H,10-11H2,1-8H3/t18-,19+,20+,22+,23-,24+,26+/m0/s1. The molecule has 2 heterocycles. The first-order valence-electron chi connectivity index (χ1n) is 14.2. The predicted molar refractivity (Wildman–Crippen MR) is 158 cm³/mol. The Morgan fingerprint density at radius 1 is 0.917 bits per heavy atom. The average Bonchev–Trinajstić information content (AvgIpc) is 2.97. The van der Waals surface area contributed by atoms with E-state index in [1.54, 1.807) is 0 Å². The molecule has 0 bridgehead atoms. The van der Waals surface area contributed by atoms with E-state index < -0.39 is 96.5 Å². The van der Waals surface area contributed by atoms with Crippen molar-refractivity contribution in [2.45, 2.75) is 84.4 Å². The molecule has 0 radical (unpaired) electrons. The number of nitrogens with zero attached hydrogens (tertiary/aromatic N) is 3. The maximum absolute atomic E-state index is 13.5. The smallest absolute Gasteiger partial charge is 0.303 e. The van der Waals surface area contributed by atoms with E-state index in [-0.39, 0.29) is 18.4 Å². The average molecular weight is 687 g/mol. The van der Waals surface area contributed by atoms with Gasteiger partial charge in [0.1, 0.15) is 0 Å². The number of aromatic nitrogens is 2. The van der Waals surface area contributed by atoms with Crippen molar-refractivity contribution < 1.29 is 71.8 Å². The SMILES string of the molecule is COc1nc(N[C@@H]2OC[C@@H](OC(C)=O)[C@H](OC(C)=O)[C@H]2OC(C)=O)c(N=C[C@H](OC(C)=O)[C@@H](OC(C)=O)[C@@H](CO)OC(C)=O)c(=O)n1C. The van der Waals surface area contributed by atoms with Crippen LogP contribution in [-0.2, 0) is 69.0 Å². The van der Waals surface area contributed by atoms with Crippen molar-refractivity contribution in [3.05, 3.63) is 10.4 Å². The number of rotatable bonds is 14. The molecule has 1 saturated heterocycles. The number of carbonyl (C=O) groups is 6. The number of anilines is 1. The van der Waals surface area contributed by atoms with E-state index in [1.165, 1.54) is 14.2 Å². The summed E-state index contributed by atoms with van der Waals surface area (Å²) in [4.78, 5) is 93.3. The topological polar surface area (TPSA) is 256 Å². The molecular weight excluding hydrogens is 648 g/mol. The zero-order chi connectivity index (χ0) is 36.3. The van der Waals surface area contributed by atoms with Crippen LogP contribution in [0, 0.1) is 0 Å². The first-order chi connectivity index (χ1) is 22.5. The Morgan fingerprint density at radius 3 is 1.98 bits per heavy atom. The van der Waals surface area contributed by atoms with Crippen LogP contribution in [-0.4, -0.2) is 120 Å². The molecule has 0 aromatic carbocycles. The van der Waals surface area contributed by atoms with Crippen molar-refractivity contribution in [3.8, 4) is 6.01 Å². The van der Waals surface area contributed by atoms with Gasteiger partial charge in [0.15, 0.2) is 54.4 Å². The van der Waals surface area contributed by atoms with Crippen LogP contribution in [0.5, 0.6) is 6.01 Å². The minimum Gasteiger partial charge on any atom is -0.468 e. The molecule has 20 heteroatoms. The zero-order valence-corrected chi connectivity index (χ0v) is 27.4. The molecule has 2 N–H and O–H groups in total. The summed E-state index contributed by atoms with van der Waals surface area (Å²) < 4.78 is 43.3. The van der Waals surface area contributed by atoms with Crippen molar-refractivity contribution in [3.63, 3.8) is 0 Å². The van der Waals surface area contributed by atoms with Gasteiger partial charge in [-0.1, -0.05) is 0 Å². The molecular formula is C28H38N4O16. The predicted octanol–water partition coefficient (Wildman–Crippen LogP) is -1.16. The Bertz CT molecular complexity index is 1460. The lowest BCUT2D eigenvalue weighted by Crippen LogP contribution is -2.59. The third kappa shape index (κ3) is 11.0. The van der Waals surface area contributed by atoms with Gasteiger partial charge < -0.3 is 48.3 Å². The normalized spacial score (nSPS) is 20.8. The number of esters is 6. The second-order valence-electron chi connectivity index (χ2n) is 10.1. The van der Waals surface area contributed by atoms with E-state index in [2.05, 4.69) is 15.3 Å². The molecule has 1 aliphatic rings. The number of hydrogen-bond donors (Lipinski definition) is 2. The fraction of sp³-hybridized carbons (Fsp3) is 0.607. The highest BCUT2D eigenvalue weighted by atomic mass is 16.7. The maximum Gasteiger partial charge on any atom is 0.303 e. The minimum absolute atomic E-state index is 0.236. The number of carbonyl (C=O) groups excluding carboxylic acids is 6. The van der Waals surface area contributed by atoms with E-state index in [1.807, 2.05) is 0 Å². The molecule has 2 rings (SSSR count). The van der Waals surface area contributed by atoms with E-state index >= 15 is 0 Å². The van der Waals surface area contributed by atoms with Gasteiger partial charge in [0, 0.05) is 54.8 Å². The second-order valence-corrected chi connectivity index (χ2v) is 10.1. The highest BCUT2D eigenvalue weighted by Crippen LogP contribution is 2.29. The van der Waals surface area contributed by atoms with Crippen molar-refractivity contribution in [2.75, 3.05) is 25.6 Å². The van der Waals surface area contributed by atoms with E-state index in [0.717, 1.165) is 52.3 Å². The van der Waals surface area contributed by atoms with Gasteiger partial charge in [-0.25, -0.2) is 4.99 Å². The lowest BCUT2D eigenvalue weighted by atomic mass is 10.0. The highest BCUT2D eigenvalue weighted by Gasteiger charge is 2.47. The Labute approximate surface area is 273 Å². The van der Waals surface area contributed by atoms with E-state index in [4.69, 9.17) is 37.9 Å². The summed E-state index contributed by atoms with van der Waals surface area (Å²) in [5, 5.41) is 12.6. The summed E-state index contributed by atoms with van der Waals surface area (Å²) in [6.45, 7) is 5.09. The van der Waals surface area contributed by atoms with Crippen molar-refractivity contribution in [2.24, 2.45) is 12.0 Å². The lowest BCUT2D eigenvalue weighted by molar-refractivity contribution is -0.221. The Morgan fingerprint density at radius 2 is 1.48 bits per heavy atom. The van der Waals surface area contributed by atoms with Gasteiger partial charge in [-0.3, -0.25) is 38.1 Å². The van der Waals surface area contributed by atoms with Crippen LogP contribution in [0.1, 0.15) is 41.5 Å². The van der Waals surface area contributed by atoms with Crippen LogP contribution in [0.3, 0.4) is 0 Å². The number of aliphatic hydroxyl groups is 1. The number of aliphatic imine (C=N–C) groups is 1. The fourth-order valence-corrected chi connectivity index (χ4v) is 4.46. The third-order valence-electron chi connectivity index (χ3n) is 6.18. The van der Waals surface area contributed by atoms with Crippen molar-refractivity contribution >= 4 is 53.5 Å². The molecule has 1 aliphatic heterocycles. The molecule has 0 aliphatic carbocycles. The number of nitrogens with one attached hydrogen (secondary N) is 1. The summed E-state index contributed by atoms with van der Waals surface area (Å²) in [5.41, 5.74) is -1.33. The van der Waals surface area contributed by atoms with Gasteiger partial charge in [-0.2, -0.15) is 4.98 Å². The molecule has 0 amide bonds. The second kappa shape index (κ2) is 17.7. The van der Waals surface area contributed by atoms with Gasteiger partial charge in [-0.15, -0.1) is 0 Å². The van der Waals surface area contributed by atoms with Crippen LogP contribution >= 0.6 is 0 Å².